The van der Waals surface area contributed by atoms with Crippen LogP contribution in [0.3, 0.4) is 0 Å². The predicted molar refractivity (Wildman–Crippen MR) is 165 cm³/mol. The number of carbonyl (C=O) groups is 2. The minimum Gasteiger partial charge on any atom is -0.497 e. The highest BCUT2D eigenvalue weighted by atomic mass is 19.1. The monoisotopic (exact) mass is 596 g/mol. The molecule has 10 nitrogen and oxygen atoms in total. The lowest BCUT2D eigenvalue weighted by atomic mass is 9.98. The summed E-state index contributed by atoms with van der Waals surface area (Å²) in [4.78, 5) is 31.3. The lowest BCUT2D eigenvalue weighted by Gasteiger charge is -2.35. The van der Waals surface area contributed by atoms with E-state index in [4.69, 9.17) is 9.47 Å². The molecule has 44 heavy (non-hydrogen) atoms. The normalized spacial score (nSPS) is 12.0. The Morgan fingerprint density at radius 3 is 2.41 bits per heavy atom. The van der Waals surface area contributed by atoms with Crippen LogP contribution in [0.15, 0.2) is 84.9 Å². The van der Waals surface area contributed by atoms with Gasteiger partial charge in [0.1, 0.15) is 29.9 Å². The van der Waals surface area contributed by atoms with Crippen molar-refractivity contribution in [3.8, 4) is 22.9 Å². The smallest absolute Gasteiger partial charge is 0.251 e. The summed E-state index contributed by atoms with van der Waals surface area (Å²) in [5, 5.41) is 16.9. The van der Waals surface area contributed by atoms with Gasteiger partial charge in [-0.05, 0) is 67.8 Å². The van der Waals surface area contributed by atoms with E-state index in [0.717, 1.165) is 15.6 Å². The molecular formula is C33H33FN6O4. The zero-order chi connectivity index (χ0) is 31.4. The maximum atomic E-state index is 14.5. The fourth-order valence-electron chi connectivity index (χ4n) is 4.98. The Bertz CT molecular complexity index is 1810. The molecule has 0 fully saturated rings. The van der Waals surface area contributed by atoms with Crippen molar-refractivity contribution < 1.29 is 23.5 Å². The first-order valence-corrected chi connectivity index (χ1v) is 14.0. The van der Waals surface area contributed by atoms with E-state index >= 15 is 0 Å². The van der Waals surface area contributed by atoms with Crippen molar-refractivity contribution in [3.05, 3.63) is 96.3 Å². The molecule has 1 aromatic heterocycles. The minimum atomic E-state index is -1.20. The van der Waals surface area contributed by atoms with Crippen LogP contribution in [0.25, 0.3) is 22.2 Å². The van der Waals surface area contributed by atoms with Crippen LogP contribution >= 0.6 is 0 Å². The van der Waals surface area contributed by atoms with Crippen LogP contribution in [0.1, 0.15) is 32.4 Å². The van der Waals surface area contributed by atoms with Gasteiger partial charge in [0.05, 0.1) is 25.5 Å². The summed E-state index contributed by atoms with van der Waals surface area (Å²) in [5.74, 6) is -0.573. The Morgan fingerprint density at radius 1 is 0.955 bits per heavy atom. The molecule has 0 spiro atoms. The standard InChI is InChI=1S/C33H33FN6O4/c1-33(2,3)35-32(42)30(25-19-22(43-4)17-18-28(25)44-5)40(27-16-10-12-21-11-6-7-13-23(21)27)29(41)20-39-37-31(36-38-39)24-14-8-9-15-26(24)34/h6-19,30H,20H2,1-5H3,(H,35,42)/t30-/m1/s1. The average molecular weight is 597 g/mol. The van der Waals surface area contributed by atoms with Gasteiger partial charge >= 0.3 is 0 Å². The van der Waals surface area contributed by atoms with E-state index in [-0.39, 0.29) is 11.4 Å². The molecule has 2 amide bonds. The van der Waals surface area contributed by atoms with Gasteiger partial charge in [0.25, 0.3) is 5.91 Å². The number of aromatic nitrogens is 4. The van der Waals surface area contributed by atoms with E-state index < -0.39 is 35.8 Å². The van der Waals surface area contributed by atoms with Crippen LogP contribution in [-0.4, -0.2) is 51.8 Å². The van der Waals surface area contributed by atoms with Crippen LogP contribution in [0, 0.1) is 5.82 Å². The Morgan fingerprint density at radius 2 is 1.68 bits per heavy atom. The van der Waals surface area contributed by atoms with Gasteiger partial charge < -0.3 is 14.8 Å². The number of tetrazole rings is 1. The van der Waals surface area contributed by atoms with Crippen molar-refractivity contribution in [2.75, 3.05) is 19.1 Å². The third-order valence-electron chi connectivity index (χ3n) is 6.88. The molecule has 0 aliphatic rings. The van der Waals surface area contributed by atoms with E-state index in [0.29, 0.717) is 22.7 Å². The number of hydrogen-bond donors (Lipinski definition) is 1. The Hall–Kier alpha value is -5.32. The first-order valence-electron chi connectivity index (χ1n) is 14.0. The molecule has 5 aromatic rings. The van der Waals surface area contributed by atoms with Gasteiger partial charge in [0.2, 0.25) is 11.7 Å². The number of nitrogens with one attached hydrogen (secondary N) is 1. The lowest BCUT2D eigenvalue weighted by Crippen LogP contribution is -2.50. The lowest BCUT2D eigenvalue weighted by molar-refractivity contribution is -0.128. The molecule has 0 aliphatic carbocycles. The zero-order valence-corrected chi connectivity index (χ0v) is 25.1. The van der Waals surface area contributed by atoms with Crippen molar-refractivity contribution in [2.24, 2.45) is 0 Å². The number of carbonyl (C=O) groups excluding carboxylic acids is 2. The highest BCUT2D eigenvalue weighted by Crippen LogP contribution is 2.39. The van der Waals surface area contributed by atoms with Crippen molar-refractivity contribution in [1.82, 2.24) is 25.5 Å². The van der Waals surface area contributed by atoms with Gasteiger partial charge in [0.15, 0.2) is 0 Å². The van der Waals surface area contributed by atoms with Gasteiger partial charge in [-0.3, -0.25) is 14.5 Å². The van der Waals surface area contributed by atoms with Gasteiger partial charge in [-0.25, -0.2) is 4.39 Å². The number of methoxy groups -OCH3 is 2. The van der Waals surface area contributed by atoms with Crippen LogP contribution in [0.4, 0.5) is 10.1 Å². The summed E-state index contributed by atoms with van der Waals surface area (Å²) in [5.41, 5.74) is 0.424. The fraction of sp³-hybridized carbons (Fsp3) is 0.242. The Labute approximate surface area is 254 Å². The average Bonchev–Trinajstić information content (AvgIpc) is 3.46. The van der Waals surface area contributed by atoms with Crippen LogP contribution < -0.4 is 19.7 Å². The highest BCUT2D eigenvalue weighted by Gasteiger charge is 2.37. The van der Waals surface area contributed by atoms with Crippen LogP contribution in [-0.2, 0) is 16.1 Å². The largest absolute Gasteiger partial charge is 0.497 e. The molecule has 0 saturated carbocycles. The van der Waals surface area contributed by atoms with E-state index in [9.17, 15) is 14.0 Å². The summed E-state index contributed by atoms with van der Waals surface area (Å²) in [6.07, 6.45) is 0. The second kappa shape index (κ2) is 12.5. The van der Waals surface area contributed by atoms with Crippen molar-refractivity contribution >= 4 is 28.3 Å². The van der Waals surface area contributed by atoms with Gasteiger partial charge in [-0.2, -0.15) is 4.80 Å². The third-order valence-corrected chi connectivity index (χ3v) is 6.88. The number of nitrogens with zero attached hydrogens (tertiary/aromatic N) is 5. The number of rotatable bonds is 9. The van der Waals surface area contributed by atoms with Crippen LogP contribution in [0.2, 0.25) is 0 Å². The molecule has 1 heterocycles. The molecule has 0 radical (unpaired) electrons. The van der Waals surface area contributed by atoms with Crippen molar-refractivity contribution in [2.45, 2.75) is 38.9 Å². The molecule has 11 heteroatoms. The molecule has 0 bridgehead atoms. The molecule has 1 atom stereocenters. The van der Waals surface area contributed by atoms with E-state index in [1.807, 2.05) is 57.2 Å². The molecule has 0 unspecified atom stereocenters. The predicted octanol–water partition coefficient (Wildman–Crippen LogP) is 5.34. The summed E-state index contributed by atoms with van der Waals surface area (Å²) >= 11 is 0. The topological polar surface area (TPSA) is 111 Å². The van der Waals surface area contributed by atoms with E-state index in [2.05, 4.69) is 20.7 Å². The summed E-state index contributed by atoms with van der Waals surface area (Å²) in [6.45, 7) is 5.19. The number of ether oxygens (including phenoxy) is 2. The summed E-state index contributed by atoms with van der Waals surface area (Å²) in [6, 6.07) is 23.0. The number of benzene rings is 4. The molecule has 1 N–H and O–H groups in total. The maximum Gasteiger partial charge on any atom is 0.251 e. The van der Waals surface area contributed by atoms with Gasteiger partial charge in [-0.1, -0.05) is 48.5 Å². The van der Waals surface area contributed by atoms with Gasteiger partial charge in [-0.15, -0.1) is 10.2 Å². The molecule has 4 aromatic carbocycles. The van der Waals surface area contributed by atoms with E-state index in [1.165, 1.54) is 31.3 Å². The Balaban J connectivity index is 1.68. The number of anilines is 1. The van der Waals surface area contributed by atoms with Gasteiger partial charge in [0, 0.05) is 16.5 Å². The van der Waals surface area contributed by atoms with E-state index in [1.54, 1.807) is 36.4 Å². The SMILES string of the molecule is COc1ccc(OC)c([C@H](C(=O)NC(C)(C)C)N(C(=O)Cn2nnc(-c3ccccc3F)n2)c2cccc3ccccc23)c1. The first kappa shape index (κ1) is 30.1. The molecular weight excluding hydrogens is 563 g/mol. The first-order chi connectivity index (χ1) is 21.1. The van der Waals surface area contributed by atoms with Crippen molar-refractivity contribution in [1.29, 1.82) is 0 Å². The quantitative estimate of drug-likeness (QED) is 0.245. The summed E-state index contributed by atoms with van der Waals surface area (Å²) < 4.78 is 25.6. The number of hydrogen-bond acceptors (Lipinski definition) is 7. The molecule has 0 aliphatic heterocycles. The number of amides is 2. The molecule has 5 rings (SSSR count). The third kappa shape index (κ3) is 6.36. The Kier molecular flexibility index (Phi) is 8.57. The van der Waals surface area contributed by atoms with Crippen molar-refractivity contribution in [3.63, 3.8) is 0 Å². The molecule has 226 valence electrons. The highest BCUT2D eigenvalue weighted by molar-refractivity contribution is 6.08. The minimum absolute atomic E-state index is 0.0316. The number of halogens is 1. The molecule has 0 saturated heterocycles. The summed E-state index contributed by atoms with van der Waals surface area (Å²) in [7, 11) is 3.02. The second-order valence-electron chi connectivity index (χ2n) is 11.1. The number of fused-ring (bicyclic) bond motifs is 1. The fourth-order valence-corrected chi connectivity index (χ4v) is 4.98. The van der Waals surface area contributed by atoms with Crippen LogP contribution in [0.5, 0.6) is 11.5 Å². The maximum absolute atomic E-state index is 14.5. The second-order valence-corrected chi connectivity index (χ2v) is 11.1. The zero-order valence-electron chi connectivity index (χ0n) is 25.1.